The van der Waals surface area contributed by atoms with Crippen LogP contribution in [0.2, 0.25) is 0 Å². The van der Waals surface area contributed by atoms with Crippen LogP contribution in [-0.4, -0.2) is 22.2 Å². The topological polar surface area (TPSA) is 53.9 Å². The van der Waals surface area contributed by atoms with Crippen molar-refractivity contribution >= 4 is 17.5 Å². The van der Waals surface area contributed by atoms with Crippen LogP contribution in [-0.2, 0) is 6.54 Å². The lowest BCUT2D eigenvalue weighted by atomic mass is 10.0. The monoisotopic (exact) mass is 333 g/mol. The Bertz CT molecular complexity index is 817. The lowest BCUT2D eigenvalue weighted by Crippen LogP contribution is -2.20. The van der Waals surface area contributed by atoms with E-state index in [9.17, 15) is 0 Å². The van der Waals surface area contributed by atoms with E-state index in [0.29, 0.717) is 17.7 Å². The number of para-hydroxylation sites is 1. The third-order valence-corrected chi connectivity index (χ3v) is 4.00. The molecule has 0 saturated carbocycles. The maximum absolute atomic E-state index is 4.61. The molecule has 0 aliphatic heterocycles. The van der Waals surface area contributed by atoms with Crippen molar-refractivity contribution in [2.24, 2.45) is 0 Å². The molecule has 1 aromatic heterocycles. The van der Waals surface area contributed by atoms with Crippen LogP contribution >= 0.6 is 0 Å². The average Bonchev–Trinajstić information content (AvgIpc) is 2.63. The van der Waals surface area contributed by atoms with Crippen LogP contribution in [0.15, 0.2) is 60.8 Å². The molecular weight excluding hydrogens is 310 g/mol. The summed E-state index contributed by atoms with van der Waals surface area (Å²) in [6, 6.07) is 18.5. The molecule has 5 heteroatoms. The molecule has 5 nitrogen and oxygen atoms in total. The van der Waals surface area contributed by atoms with E-state index in [1.165, 1.54) is 11.1 Å². The van der Waals surface area contributed by atoms with Crippen molar-refractivity contribution in [3.05, 3.63) is 71.9 Å². The zero-order chi connectivity index (χ0) is 17.6. The first-order valence-electron chi connectivity index (χ1n) is 8.44. The van der Waals surface area contributed by atoms with Gasteiger partial charge in [-0.15, -0.1) is 5.10 Å². The Balaban J connectivity index is 1.78. The van der Waals surface area contributed by atoms with Crippen LogP contribution in [0.4, 0.5) is 17.5 Å². The standard InChI is InChI=1S/C20H23N5/c1-15(2)17-11-7-8-12-18(17)22-19-13-21-24-20(23-19)25(3)14-16-9-5-4-6-10-16/h4-13,15H,14H2,1-3H3,(H,22,23,24). The summed E-state index contributed by atoms with van der Waals surface area (Å²) in [6.07, 6.45) is 1.65. The smallest absolute Gasteiger partial charge is 0.247 e. The first-order chi connectivity index (χ1) is 12.1. The van der Waals surface area contributed by atoms with E-state index >= 15 is 0 Å². The Hall–Kier alpha value is -2.95. The van der Waals surface area contributed by atoms with E-state index in [1.807, 2.05) is 36.2 Å². The highest BCUT2D eigenvalue weighted by Crippen LogP contribution is 2.26. The Morgan fingerprint density at radius 3 is 2.48 bits per heavy atom. The van der Waals surface area contributed by atoms with Gasteiger partial charge >= 0.3 is 0 Å². The minimum atomic E-state index is 0.429. The van der Waals surface area contributed by atoms with Gasteiger partial charge in [0, 0.05) is 19.3 Å². The van der Waals surface area contributed by atoms with Gasteiger partial charge in [-0.1, -0.05) is 62.4 Å². The van der Waals surface area contributed by atoms with Gasteiger partial charge in [-0.2, -0.15) is 10.1 Å². The largest absolute Gasteiger partial charge is 0.339 e. The molecule has 0 fully saturated rings. The van der Waals surface area contributed by atoms with E-state index in [0.717, 1.165) is 12.2 Å². The highest BCUT2D eigenvalue weighted by Gasteiger charge is 2.10. The molecule has 0 amide bonds. The first-order valence-corrected chi connectivity index (χ1v) is 8.44. The molecule has 0 saturated heterocycles. The fourth-order valence-corrected chi connectivity index (χ4v) is 2.70. The zero-order valence-corrected chi connectivity index (χ0v) is 14.8. The molecule has 0 atom stereocenters. The number of aromatic nitrogens is 3. The first kappa shape index (κ1) is 16.9. The van der Waals surface area contributed by atoms with E-state index in [4.69, 9.17) is 0 Å². The number of hydrogen-bond donors (Lipinski definition) is 1. The third-order valence-electron chi connectivity index (χ3n) is 4.00. The molecule has 3 aromatic rings. The van der Waals surface area contributed by atoms with E-state index < -0.39 is 0 Å². The lowest BCUT2D eigenvalue weighted by Gasteiger charge is -2.18. The number of hydrogen-bond acceptors (Lipinski definition) is 5. The number of nitrogens with zero attached hydrogens (tertiary/aromatic N) is 4. The fourth-order valence-electron chi connectivity index (χ4n) is 2.70. The molecule has 1 heterocycles. The Morgan fingerprint density at radius 1 is 1.00 bits per heavy atom. The number of anilines is 3. The summed E-state index contributed by atoms with van der Waals surface area (Å²) in [5.74, 6) is 1.72. The molecule has 2 aromatic carbocycles. The quantitative estimate of drug-likeness (QED) is 0.726. The van der Waals surface area contributed by atoms with E-state index in [1.54, 1.807) is 6.20 Å². The summed E-state index contributed by atoms with van der Waals surface area (Å²) in [6.45, 7) is 5.09. The second-order valence-electron chi connectivity index (χ2n) is 6.35. The van der Waals surface area contributed by atoms with Crippen LogP contribution in [0, 0.1) is 0 Å². The van der Waals surface area contributed by atoms with Gasteiger partial charge in [-0.3, -0.25) is 0 Å². The Kier molecular flexibility index (Phi) is 5.23. The van der Waals surface area contributed by atoms with Crippen molar-refractivity contribution in [3.63, 3.8) is 0 Å². The van der Waals surface area contributed by atoms with Crippen LogP contribution in [0.1, 0.15) is 30.9 Å². The molecule has 0 unspecified atom stereocenters. The Labute approximate surface area is 148 Å². The molecule has 1 N–H and O–H groups in total. The summed E-state index contributed by atoms with van der Waals surface area (Å²) in [7, 11) is 1.97. The number of nitrogens with one attached hydrogen (secondary N) is 1. The third kappa shape index (κ3) is 4.32. The van der Waals surface area contributed by atoms with E-state index in [2.05, 4.69) is 64.7 Å². The average molecular weight is 333 g/mol. The summed E-state index contributed by atoms with van der Waals surface area (Å²) in [4.78, 5) is 6.59. The second-order valence-corrected chi connectivity index (χ2v) is 6.35. The Morgan fingerprint density at radius 2 is 1.72 bits per heavy atom. The molecule has 0 bridgehead atoms. The summed E-state index contributed by atoms with van der Waals surface area (Å²) in [5.41, 5.74) is 3.51. The highest BCUT2D eigenvalue weighted by molar-refractivity contribution is 5.61. The maximum Gasteiger partial charge on any atom is 0.247 e. The number of benzene rings is 2. The van der Waals surface area contributed by atoms with Gasteiger partial charge in [-0.05, 0) is 23.1 Å². The van der Waals surface area contributed by atoms with Gasteiger partial charge in [0.05, 0.1) is 6.20 Å². The van der Waals surface area contributed by atoms with Gasteiger partial charge in [-0.25, -0.2) is 0 Å². The highest BCUT2D eigenvalue weighted by atomic mass is 15.3. The predicted molar refractivity (Wildman–Crippen MR) is 102 cm³/mol. The SMILES string of the molecule is CC(C)c1ccccc1Nc1cnnc(N(C)Cc2ccccc2)n1. The molecule has 0 spiro atoms. The summed E-state index contributed by atoms with van der Waals surface area (Å²) >= 11 is 0. The van der Waals surface area contributed by atoms with Gasteiger partial charge in [0.25, 0.3) is 0 Å². The molecule has 0 radical (unpaired) electrons. The van der Waals surface area contributed by atoms with Crippen LogP contribution in [0.5, 0.6) is 0 Å². The normalized spacial score (nSPS) is 10.7. The van der Waals surface area contributed by atoms with Gasteiger partial charge in [0.2, 0.25) is 5.95 Å². The van der Waals surface area contributed by atoms with Crippen molar-refractivity contribution in [2.45, 2.75) is 26.3 Å². The summed E-state index contributed by atoms with van der Waals surface area (Å²) < 4.78 is 0. The van der Waals surface area contributed by atoms with E-state index in [-0.39, 0.29) is 0 Å². The molecular formula is C20H23N5. The molecule has 128 valence electrons. The molecule has 0 aliphatic carbocycles. The minimum Gasteiger partial charge on any atom is -0.339 e. The zero-order valence-electron chi connectivity index (χ0n) is 14.8. The fraction of sp³-hybridized carbons (Fsp3) is 0.250. The lowest BCUT2D eigenvalue weighted by molar-refractivity contribution is 0.830. The van der Waals surface area contributed by atoms with Crippen molar-refractivity contribution in [1.29, 1.82) is 0 Å². The molecule has 0 aliphatic rings. The van der Waals surface area contributed by atoms with Crippen molar-refractivity contribution in [1.82, 2.24) is 15.2 Å². The van der Waals surface area contributed by atoms with Gasteiger partial charge < -0.3 is 10.2 Å². The van der Waals surface area contributed by atoms with Gasteiger partial charge in [0.15, 0.2) is 5.82 Å². The number of rotatable bonds is 6. The van der Waals surface area contributed by atoms with Gasteiger partial charge in [0.1, 0.15) is 0 Å². The van der Waals surface area contributed by atoms with Crippen LogP contribution in [0.25, 0.3) is 0 Å². The van der Waals surface area contributed by atoms with Crippen molar-refractivity contribution < 1.29 is 0 Å². The van der Waals surface area contributed by atoms with Crippen LogP contribution in [0.3, 0.4) is 0 Å². The van der Waals surface area contributed by atoms with Crippen molar-refractivity contribution in [3.8, 4) is 0 Å². The van der Waals surface area contributed by atoms with Crippen molar-refractivity contribution in [2.75, 3.05) is 17.3 Å². The molecule has 25 heavy (non-hydrogen) atoms. The summed E-state index contributed by atoms with van der Waals surface area (Å²) in [5, 5.41) is 11.6. The minimum absolute atomic E-state index is 0.429. The molecule has 3 rings (SSSR count). The maximum atomic E-state index is 4.61. The predicted octanol–water partition coefficient (Wildman–Crippen LogP) is 4.38. The van der Waals surface area contributed by atoms with Crippen LogP contribution < -0.4 is 10.2 Å². The second kappa shape index (κ2) is 7.75.